The molecule has 1 aromatic rings. The van der Waals surface area contributed by atoms with Gasteiger partial charge in [0.2, 0.25) is 0 Å². The molecule has 0 aliphatic rings. The number of benzene rings is 1. The zero-order chi connectivity index (χ0) is 11.4. The molecule has 0 bridgehead atoms. The highest BCUT2D eigenvalue weighted by Gasteiger charge is 2.09. The maximum Gasteiger partial charge on any atom is 0.271 e. The Balaban J connectivity index is 2.78. The van der Waals surface area contributed by atoms with Gasteiger partial charge in [0, 0.05) is 23.9 Å². The van der Waals surface area contributed by atoms with E-state index in [1.807, 2.05) is 6.07 Å². The highest BCUT2D eigenvalue weighted by atomic mass is 16.6. The number of nitro groups is 1. The Hall–Kier alpha value is -1.58. The van der Waals surface area contributed by atoms with E-state index in [2.05, 4.69) is 26.1 Å². The Morgan fingerprint density at radius 3 is 2.53 bits per heavy atom. The Bertz CT molecular complexity index is 350. The Morgan fingerprint density at radius 1 is 1.33 bits per heavy atom. The fraction of sp³-hybridized carbons (Fsp3) is 0.455. The molecule has 1 N–H and O–H groups in total. The molecule has 1 unspecified atom stereocenters. The molecule has 0 radical (unpaired) electrons. The number of non-ortho nitro benzene ring substituents is 1. The molecule has 0 fully saturated rings. The Morgan fingerprint density at radius 2 is 2.00 bits per heavy atom. The van der Waals surface area contributed by atoms with E-state index in [4.69, 9.17) is 0 Å². The summed E-state index contributed by atoms with van der Waals surface area (Å²) in [6, 6.07) is 6.87. The van der Waals surface area contributed by atoms with E-state index in [1.165, 1.54) is 6.07 Å². The van der Waals surface area contributed by atoms with Crippen LogP contribution in [0.25, 0.3) is 0 Å². The normalized spacial score (nSPS) is 12.5. The lowest BCUT2D eigenvalue weighted by molar-refractivity contribution is -0.384. The van der Waals surface area contributed by atoms with Gasteiger partial charge < -0.3 is 5.32 Å². The van der Waals surface area contributed by atoms with Crippen molar-refractivity contribution in [1.82, 2.24) is 0 Å². The Kier molecular flexibility index (Phi) is 3.66. The van der Waals surface area contributed by atoms with Crippen molar-refractivity contribution < 1.29 is 4.92 Å². The average Bonchev–Trinajstić information content (AvgIpc) is 2.18. The summed E-state index contributed by atoms with van der Waals surface area (Å²) in [5, 5.41) is 13.8. The second-order valence-electron chi connectivity index (χ2n) is 3.98. The maximum atomic E-state index is 10.6. The molecule has 0 aliphatic heterocycles. The minimum Gasteiger partial charge on any atom is -0.382 e. The third kappa shape index (κ3) is 3.23. The molecule has 4 heteroatoms. The van der Waals surface area contributed by atoms with Crippen LogP contribution in [0, 0.1) is 16.0 Å². The minimum atomic E-state index is -0.384. The maximum absolute atomic E-state index is 10.6. The van der Waals surface area contributed by atoms with Gasteiger partial charge in [-0.2, -0.15) is 0 Å². The molecule has 0 amide bonds. The predicted molar refractivity (Wildman–Crippen MR) is 61.0 cm³/mol. The standard InChI is InChI=1S/C11H16N2O2/c1-8(2)9(3)12-10-5-4-6-11(7-10)13(14)15/h4-9,12H,1-3H3. The van der Waals surface area contributed by atoms with Gasteiger partial charge in [0.1, 0.15) is 0 Å². The van der Waals surface area contributed by atoms with Crippen LogP contribution in [0.4, 0.5) is 11.4 Å². The van der Waals surface area contributed by atoms with E-state index in [1.54, 1.807) is 12.1 Å². The fourth-order valence-corrected chi connectivity index (χ4v) is 1.14. The molecule has 0 heterocycles. The summed E-state index contributed by atoms with van der Waals surface area (Å²) in [7, 11) is 0. The van der Waals surface area contributed by atoms with Gasteiger partial charge in [0.25, 0.3) is 5.69 Å². The van der Waals surface area contributed by atoms with Gasteiger partial charge in [-0.3, -0.25) is 10.1 Å². The van der Waals surface area contributed by atoms with Gasteiger partial charge in [-0.25, -0.2) is 0 Å². The van der Waals surface area contributed by atoms with E-state index in [0.717, 1.165) is 5.69 Å². The van der Waals surface area contributed by atoms with Crippen molar-refractivity contribution in [2.75, 3.05) is 5.32 Å². The van der Waals surface area contributed by atoms with E-state index in [9.17, 15) is 10.1 Å². The first kappa shape index (κ1) is 11.5. The first-order chi connectivity index (χ1) is 7.00. The second kappa shape index (κ2) is 4.77. The molecule has 1 aromatic carbocycles. The van der Waals surface area contributed by atoms with Crippen molar-refractivity contribution in [3.63, 3.8) is 0 Å². The summed E-state index contributed by atoms with van der Waals surface area (Å²) in [5.41, 5.74) is 0.918. The zero-order valence-corrected chi connectivity index (χ0v) is 9.23. The molecule has 15 heavy (non-hydrogen) atoms. The van der Waals surface area contributed by atoms with E-state index >= 15 is 0 Å². The van der Waals surface area contributed by atoms with Crippen LogP contribution in [0.3, 0.4) is 0 Å². The van der Waals surface area contributed by atoms with Gasteiger partial charge in [-0.05, 0) is 18.9 Å². The van der Waals surface area contributed by atoms with Crippen molar-refractivity contribution in [3.05, 3.63) is 34.4 Å². The predicted octanol–water partition coefficient (Wildman–Crippen LogP) is 3.05. The van der Waals surface area contributed by atoms with Crippen LogP contribution in [0.1, 0.15) is 20.8 Å². The molecular weight excluding hydrogens is 192 g/mol. The second-order valence-corrected chi connectivity index (χ2v) is 3.98. The van der Waals surface area contributed by atoms with Gasteiger partial charge in [0.05, 0.1) is 4.92 Å². The number of hydrogen-bond acceptors (Lipinski definition) is 3. The van der Waals surface area contributed by atoms with Crippen molar-refractivity contribution in [1.29, 1.82) is 0 Å². The van der Waals surface area contributed by atoms with E-state index < -0.39 is 0 Å². The first-order valence-corrected chi connectivity index (χ1v) is 5.01. The minimum absolute atomic E-state index is 0.121. The van der Waals surface area contributed by atoms with Gasteiger partial charge in [-0.15, -0.1) is 0 Å². The molecule has 0 aliphatic carbocycles. The number of nitro benzene ring substituents is 1. The summed E-state index contributed by atoms with van der Waals surface area (Å²) in [6.45, 7) is 6.27. The number of hydrogen-bond donors (Lipinski definition) is 1. The average molecular weight is 208 g/mol. The van der Waals surface area contributed by atoms with Gasteiger partial charge in [-0.1, -0.05) is 19.9 Å². The highest BCUT2D eigenvalue weighted by Crippen LogP contribution is 2.19. The fourth-order valence-electron chi connectivity index (χ4n) is 1.14. The van der Waals surface area contributed by atoms with Crippen LogP contribution in [0.5, 0.6) is 0 Å². The lowest BCUT2D eigenvalue weighted by Gasteiger charge is -2.18. The monoisotopic (exact) mass is 208 g/mol. The molecular formula is C11H16N2O2. The van der Waals surface area contributed by atoms with Crippen LogP contribution < -0.4 is 5.32 Å². The lowest BCUT2D eigenvalue weighted by atomic mass is 10.1. The summed E-state index contributed by atoms with van der Waals surface area (Å²) in [4.78, 5) is 10.2. The van der Waals surface area contributed by atoms with Crippen molar-refractivity contribution in [2.45, 2.75) is 26.8 Å². The molecule has 4 nitrogen and oxygen atoms in total. The molecule has 0 aromatic heterocycles. The molecule has 0 saturated heterocycles. The van der Waals surface area contributed by atoms with Gasteiger partial charge >= 0.3 is 0 Å². The third-order valence-electron chi connectivity index (χ3n) is 2.45. The van der Waals surface area contributed by atoms with E-state index in [0.29, 0.717) is 12.0 Å². The van der Waals surface area contributed by atoms with Crippen LogP contribution in [-0.2, 0) is 0 Å². The van der Waals surface area contributed by atoms with Crippen LogP contribution in [0.2, 0.25) is 0 Å². The number of anilines is 1. The zero-order valence-electron chi connectivity index (χ0n) is 9.23. The van der Waals surface area contributed by atoms with Crippen LogP contribution >= 0.6 is 0 Å². The summed E-state index contributed by atoms with van der Waals surface area (Å²) in [6.07, 6.45) is 0. The summed E-state index contributed by atoms with van der Waals surface area (Å²) < 4.78 is 0. The lowest BCUT2D eigenvalue weighted by Crippen LogP contribution is -2.21. The first-order valence-electron chi connectivity index (χ1n) is 5.01. The molecule has 0 spiro atoms. The SMILES string of the molecule is CC(C)C(C)Nc1cccc([N+](=O)[O-])c1. The van der Waals surface area contributed by atoms with Crippen LogP contribution in [0.15, 0.2) is 24.3 Å². The quantitative estimate of drug-likeness (QED) is 0.611. The Labute approximate surface area is 89.5 Å². The van der Waals surface area contributed by atoms with Crippen LogP contribution in [-0.4, -0.2) is 11.0 Å². The van der Waals surface area contributed by atoms with Crippen molar-refractivity contribution >= 4 is 11.4 Å². The molecule has 1 atom stereocenters. The smallest absolute Gasteiger partial charge is 0.271 e. The highest BCUT2D eigenvalue weighted by molar-refractivity contribution is 5.51. The summed E-state index contributed by atoms with van der Waals surface area (Å²) in [5.74, 6) is 0.490. The number of rotatable bonds is 4. The summed E-state index contributed by atoms with van der Waals surface area (Å²) >= 11 is 0. The van der Waals surface area contributed by atoms with Gasteiger partial charge in [0.15, 0.2) is 0 Å². The van der Waals surface area contributed by atoms with E-state index in [-0.39, 0.29) is 10.6 Å². The third-order valence-corrected chi connectivity index (χ3v) is 2.45. The topological polar surface area (TPSA) is 55.2 Å². The largest absolute Gasteiger partial charge is 0.382 e. The van der Waals surface area contributed by atoms with Crippen molar-refractivity contribution in [3.8, 4) is 0 Å². The molecule has 0 saturated carbocycles. The number of nitrogens with zero attached hydrogens (tertiary/aromatic N) is 1. The van der Waals surface area contributed by atoms with Crippen molar-refractivity contribution in [2.24, 2.45) is 5.92 Å². The number of nitrogens with one attached hydrogen (secondary N) is 1. The molecule has 1 rings (SSSR count). The molecule has 82 valence electrons.